The molecule has 1 aliphatic rings. The van der Waals surface area contributed by atoms with Gasteiger partial charge in [0.25, 0.3) is 17.7 Å². The van der Waals surface area contributed by atoms with Crippen molar-refractivity contribution in [1.82, 2.24) is 14.7 Å². The lowest BCUT2D eigenvalue weighted by atomic mass is 10.1. The third-order valence-electron chi connectivity index (χ3n) is 8.62. The van der Waals surface area contributed by atoms with E-state index in [0.29, 0.717) is 19.3 Å². The quantitative estimate of drug-likeness (QED) is 0.176. The lowest BCUT2D eigenvalue weighted by Gasteiger charge is -2.33. The number of unbranched alkanes of at least 4 members (excludes halogenated alkanes) is 6. The molecule has 1 rings (SSSR count). The smallest absolute Gasteiger partial charge is 0.329 e. The van der Waals surface area contributed by atoms with Gasteiger partial charge in [-0.15, -0.1) is 0 Å². The van der Waals surface area contributed by atoms with Gasteiger partial charge in [-0.25, -0.2) is 14.4 Å². The van der Waals surface area contributed by atoms with E-state index in [2.05, 4.69) is 0 Å². The maximum absolute atomic E-state index is 13.6. The van der Waals surface area contributed by atoms with E-state index in [4.69, 9.17) is 14.2 Å². The summed E-state index contributed by atoms with van der Waals surface area (Å²) in [4.78, 5) is 84.2. The first-order valence-electron chi connectivity index (χ1n) is 16.6. The molecule has 0 aliphatic carbocycles. The number of esters is 3. The molecule has 0 radical (unpaired) electrons. The monoisotopic (exact) mass is 639 g/mol. The lowest BCUT2D eigenvalue weighted by Crippen LogP contribution is -2.53. The second kappa shape index (κ2) is 20.0. The summed E-state index contributed by atoms with van der Waals surface area (Å²) in [6.45, 7) is 10.5. The van der Waals surface area contributed by atoms with Gasteiger partial charge in [0.2, 0.25) is 0 Å². The molecule has 3 amide bonds. The van der Waals surface area contributed by atoms with Crippen LogP contribution in [0.5, 0.6) is 0 Å². The first kappa shape index (κ1) is 39.8. The summed E-state index contributed by atoms with van der Waals surface area (Å²) in [6, 6.07) is -3.28. The molecule has 45 heavy (non-hydrogen) atoms. The standard InChI is InChI=1S/C33H57N3O9/c1-10-13-16-19-25-28(37)34(7)23(5)32(41)44-27(21-18-15-12-3)30(39)36(9)24(6)33(42)45-26(20-17-14-11-2)29(38)35(8)22(4)31(40)43-25/h22-27H,10-21H2,1-9H3/t22-,23-,24-,25?,26?,27?/m0/s1. The number of ether oxygens (including phenoxy) is 3. The number of likely N-dealkylation sites (N-methyl/N-ethyl adjacent to an activating group) is 3. The molecule has 6 atom stereocenters. The summed E-state index contributed by atoms with van der Waals surface area (Å²) >= 11 is 0. The van der Waals surface area contributed by atoms with Crippen LogP contribution in [-0.2, 0) is 43.0 Å². The number of carbonyl (C=O) groups excluding carboxylic acids is 6. The molecule has 3 unspecified atom stereocenters. The Kier molecular flexibility index (Phi) is 17.8. The lowest BCUT2D eigenvalue weighted by molar-refractivity contribution is -0.176. The van der Waals surface area contributed by atoms with Crippen molar-refractivity contribution in [2.75, 3.05) is 21.1 Å². The van der Waals surface area contributed by atoms with Gasteiger partial charge in [-0.1, -0.05) is 59.3 Å². The molecular formula is C33H57N3O9. The Labute approximate surface area is 269 Å². The van der Waals surface area contributed by atoms with Crippen LogP contribution in [-0.4, -0.2) is 108 Å². The van der Waals surface area contributed by atoms with Crippen LogP contribution in [0.1, 0.15) is 119 Å². The maximum atomic E-state index is 13.6. The van der Waals surface area contributed by atoms with Gasteiger partial charge in [-0.3, -0.25) is 14.4 Å². The average molecular weight is 640 g/mol. The molecule has 12 heteroatoms. The average Bonchev–Trinajstić information content (AvgIpc) is 3.03. The number of hydrogen-bond donors (Lipinski definition) is 0. The third-order valence-corrected chi connectivity index (χ3v) is 8.62. The van der Waals surface area contributed by atoms with E-state index in [1.54, 1.807) is 0 Å². The van der Waals surface area contributed by atoms with Gasteiger partial charge in [0.15, 0.2) is 18.3 Å². The van der Waals surface area contributed by atoms with Crippen molar-refractivity contribution in [2.45, 2.75) is 155 Å². The summed E-state index contributed by atoms with van der Waals surface area (Å²) in [7, 11) is 4.27. The molecule has 258 valence electrons. The highest BCUT2D eigenvalue weighted by atomic mass is 16.6. The second-order valence-corrected chi connectivity index (χ2v) is 12.1. The summed E-state index contributed by atoms with van der Waals surface area (Å²) < 4.78 is 17.1. The Bertz CT molecular complexity index is 880. The number of nitrogens with zero attached hydrogens (tertiary/aromatic N) is 3. The first-order chi connectivity index (χ1) is 21.2. The van der Waals surface area contributed by atoms with Gasteiger partial charge >= 0.3 is 17.9 Å². The summed E-state index contributed by atoms with van der Waals surface area (Å²) in [6.07, 6.45) is 3.94. The third kappa shape index (κ3) is 11.9. The molecule has 0 aromatic rings. The number of carbonyl (C=O) groups is 6. The zero-order chi connectivity index (χ0) is 34.3. The predicted molar refractivity (Wildman–Crippen MR) is 169 cm³/mol. The van der Waals surface area contributed by atoms with Crippen LogP contribution < -0.4 is 0 Å². The molecule has 1 fully saturated rings. The molecule has 0 aromatic heterocycles. The fraction of sp³-hybridized carbons (Fsp3) is 0.818. The zero-order valence-corrected chi connectivity index (χ0v) is 29.0. The highest BCUT2D eigenvalue weighted by Crippen LogP contribution is 2.19. The highest BCUT2D eigenvalue weighted by Gasteiger charge is 2.39. The minimum absolute atomic E-state index is 0.229. The second-order valence-electron chi connectivity index (χ2n) is 12.1. The van der Waals surface area contributed by atoms with Crippen molar-refractivity contribution in [3.8, 4) is 0 Å². The van der Waals surface area contributed by atoms with E-state index in [1.165, 1.54) is 41.9 Å². The van der Waals surface area contributed by atoms with Crippen LogP contribution in [0.3, 0.4) is 0 Å². The summed E-state index contributed by atoms with van der Waals surface area (Å²) in [5.41, 5.74) is 0. The minimum atomic E-state index is -1.19. The summed E-state index contributed by atoms with van der Waals surface area (Å²) in [5, 5.41) is 0. The normalized spacial score (nSPS) is 26.7. The van der Waals surface area contributed by atoms with Gasteiger partial charge in [-0.05, 0) is 59.3 Å². The highest BCUT2D eigenvalue weighted by molar-refractivity contribution is 5.93. The Morgan fingerprint density at radius 1 is 0.444 bits per heavy atom. The number of amides is 3. The van der Waals surface area contributed by atoms with E-state index in [-0.39, 0.29) is 19.3 Å². The van der Waals surface area contributed by atoms with Crippen molar-refractivity contribution in [2.24, 2.45) is 0 Å². The molecule has 0 spiro atoms. The number of hydrogen-bond acceptors (Lipinski definition) is 9. The van der Waals surface area contributed by atoms with Crippen LogP contribution in [0.2, 0.25) is 0 Å². The fourth-order valence-corrected chi connectivity index (χ4v) is 4.88. The predicted octanol–water partition coefficient (Wildman–Crippen LogP) is 4.02. The SMILES string of the molecule is CCCCCC1OC(=O)[C@H](C)N(C)C(=O)C(CCCCC)OC(=O)[C@H](C)N(C)C(=O)C(CCCCC)OC(=O)[C@H](C)N(C)C1=O. The van der Waals surface area contributed by atoms with Crippen LogP contribution in [0, 0.1) is 0 Å². The van der Waals surface area contributed by atoms with E-state index in [1.807, 2.05) is 20.8 Å². The van der Waals surface area contributed by atoms with Crippen LogP contribution >= 0.6 is 0 Å². The molecule has 12 nitrogen and oxygen atoms in total. The van der Waals surface area contributed by atoms with Gasteiger partial charge in [0, 0.05) is 21.1 Å². The molecular weight excluding hydrogens is 582 g/mol. The van der Waals surface area contributed by atoms with Crippen LogP contribution in [0.15, 0.2) is 0 Å². The Morgan fingerprint density at radius 2 is 0.667 bits per heavy atom. The van der Waals surface area contributed by atoms with Gasteiger partial charge in [0.05, 0.1) is 0 Å². The number of rotatable bonds is 12. The molecule has 0 bridgehead atoms. The Balaban J connectivity index is 3.57. The molecule has 1 heterocycles. The largest absolute Gasteiger partial charge is 0.451 e. The van der Waals surface area contributed by atoms with Crippen molar-refractivity contribution >= 4 is 35.6 Å². The molecule has 0 N–H and O–H groups in total. The summed E-state index contributed by atoms with van der Waals surface area (Å²) in [5.74, 6) is -4.14. The molecule has 0 saturated carbocycles. The number of cyclic esters (lactones) is 3. The minimum Gasteiger partial charge on any atom is -0.451 e. The first-order valence-corrected chi connectivity index (χ1v) is 16.6. The van der Waals surface area contributed by atoms with Crippen LogP contribution in [0.4, 0.5) is 0 Å². The molecule has 1 aliphatic heterocycles. The maximum Gasteiger partial charge on any atom is 0.329 e. The molecule has 1 saturated heterocycles. The topological polar surface area (TPSA) is 140 Å². The van der Waals surface area contributed by atoms with E-state index in [0.717, 1.165) is 53.2 Å². The van der Waals surface area contributed by atoms with Crippen molar-refractivity contribution in [1.29, 1.82) is 0 Å². The van der Waals surface area contributed by atoms with E-state index in [9.17, 15) is 28.8 Å². The van der Waals surface area contributed by atoms with Crippen molar-refractivity contribution in [3.63, 3.8) is 0 Å². The Hall–Kier alpha value is -3.18. The van der Waals surface area contributed by atoms with Crippen molar-refractivity contribution in [3.05, 3.63) is 0 Å². The zero-order valence-electron chi connectivity index (χ0n) is 29.0. The molecule has 0 aromatic carbocycles. The van der Waals surface area contributed by atoms with E-state index >= 15 is 0 Å². The van der Waals surface area contributed by atoms with E-state index < -0.39 is 72.1 Å². The Morgan fingerprint density at radius 3 is 0.867 bits per heavy atom. The fourth-order valence-electron chi connectivity index (χ4n) is 4.88. The van der Waals surface area contributed by atoms with Gasteiger partial charge in [-0.2, -0.15) is 0 Å². The van der Waals surface area contributed by atoms with Crippen molar-refractivity contribution < 1.29 is 43.0 Å². The van der Waals surface area contributed by atoms with Gasteiger partial charge < -0.3 is 28.9 Å². The van der Waals surface area contributed by atoms with Crippen LogP contribution in [0.25, 0.3) is 0 Å². The van der Waals surface area contributed by atoms with Gasteiger partial charge in [0.1, 0.15) is 18.1 Å².